The molecule has 0 aliphatic rings. The Morgan fingerprint density at radius 2 is 1.00 bits per heavy atom. The van der Waals surface area contributed by atoms with E-state index in [1.807, 2.05) is 30.3 Å². The summed E-state index contributed by atoms with van der Waals surface area (Å²) >= 11 is 0. The van der Waals surface area contributed by atoms with E-state index in [-0.39, 0.29) is 9.79 Å². The lowest BCUT2D eigenvalue weighted by Gasteiger charge is -2.17. The largest absolute Gasteiger partial charge is 0.247 e. The number of fused-ring (bicyclic) bond motifs is 8. The lowest BCUT2D eigenvalue weighted by molar-refractivity contribution is 0.596. The summed E-state index contributed by atoms with van der Waals surface area (Å²) < 4.78 is 26.9. The van der Waals surface area contributed by atoms with Crippen molar-refractivity contribution >= 4 is 53.1 Å². The highest BCUT2D eigenvalue weighted by Crippen LogP contribution is 2.43. The molecular weight excluding hydrogens is 474 g/mol. The summed E-state index contributed by atoms with van der Waals surface area (Å²) in [7, 11) is -3.68. The molecule has 4 heteroatoms. The third-order valence-electron chi connectivity index (χ3n) is 7.05. The van der Waals surface area contributed by atoms with E-state index in [4.69, 9.17) is 4.98 Å². The molecule has 0 saturated heterocycles. The van der Waals surface area contributed by atoms with Crippen LogP contribution >= 0.6 is 0 Å². The Bertz CT molecular complexity index is 2090. The molecule has 1 heterocycles. The quantitative estimate of drug-likeness (QED) is 0.232. The summed E-state index contributed by atoms with van der Waals surface area (Å²) in [6.07, 6.45) is 0. The van der Waals surface area contributed by atoms with Crippen molar-refractivity contribution in [3.05, 3.63) is 127 Å². The minimum Gasteiger partial charge on any atom is -0.247 e. The maximum atomic E-state index is 13.5. The molecule has 0 unspecified atom stereocenters. The van der Waals surface area contributed by atoms with Crippen LogP contribution in [-0.4, -0.2) is 13.4 Å². The first-order valence-corrected chi connectivity index (χ1v) is 13.6. The molecule has 7 rings (SSSR count). The van der Waals surface area contributed by atoms with Crippen LogP contribution in [0.2, 0.25) is 0 Å². The van der Waals surface area contributed by atoms with E-state index >= 15 is 0 Å². The third kappa shape index (κ3) is 3.34. The van der Waals surface area contributed by atoms with E-state index in [1.165, 1.54) is 5.39 Å². The molecule has 0 fully saturated rings. The van der Waals surface area contributed by atoms with Crippen LogP contribution in [0.3, 0.4) is 0 Å². The van der Waals surface area contributed by atoms with Crippen LogP contribution in [0.15, 0.2) is 137 Å². The maximum absolute atomic E-state index is 13.5. The van der Waals surface area contributed by atoms with Gasteiger partial charge < -0.3 is 0 Å². The second-order valence-electron chi connectivity index (χ2n) is 9.16. The van der Waals surface area contributed by atoms with Gasteiger partial charge in [-0.1, -0.05) is 103 Å². The Balaban J connectivity index is 1.67. The number of rotatable bonds is 3. The van der Waals surface area contributed by atoms with E-state index in [2.05, 4.69) is 60.7 Å². The Kier molecular flexibility index (Phi) is 4.85. The van der Waals surface area contributed by atoms with Crippen molar-refractivity contribution < 1.29 is 8.42 Å². The molecule has 0 N–H and O–H groups in total. The molecule has 1 aromatic heterocycles. The van der Waals surface area contributed by atoms with Gasteiger partial charge >= 0.3 is 0 Å². The van der Waals surface area contributed by atoms with Crippen LogP contribution in [-0.2, 0) is 9.84 Å². The molecule has 0 aliphatic heterocycles. The fourth-order valence-corrected chi connectivity index (χ4v) is 6.67. The molecule has 176 valence electrons. The van der Waals surface area contributed by atoms with E-state index < -0.39 is 9.84 Å². The minimum absolute atomic E-state index is 0.238. The average molecular weight is 496 g/mol. The van der Waals surface area contributed by atoms with Gasteiger partial charge in [-0.3, -0.25) is 0 Å². The predicted molar refractivity (Wildman–Crippen MR) is 152 cm³/mol. The highest BCUT2D eigenvalue weighted by atomic mass is 32.2. The summed E-state index contributed by atoms with van der Waals surface area (Å²) in [5.41, 5.74) is 2.49. The van der Waals surface area contributed by atoms with E-state index in [1.54, 1.807) is 36.4 Å². The topological polar surface area (TPSA) is 47.0 Å². The van der Waals surface area contributed by atoms with Crippen LogP contribution in [0.4, 0.5) is 0 Å². The van der Waals surface area contributed by atoms with Gasteiger partial charge in [-0.15, -0.1) is 0 Å². The Labute approximate surface area is 214 Å². The summed E-state index contributed by atoms with van der Waals surface area (Å²) in [4.78, 5) is 5.65. The molecule has 6 aromatic carbocycles. The monoisotopic (exact) mass is 495 g/mol. The molecule has 3 nitrogen and oxygen atoms in total. The number of sulfone groups is 1. The fourth-order valence-electron chi connectivity index (χ4n) is 5.37. The molecule has 0 bridgehead atoms. The summed E-state index contributed by atoms with van der Waals surface area (Å²) in [5.74, 6) is 0. The van der Waals surface area contributed by atoms with Crippen LogP contribution in [0.1, 0.15) is 0 Å². The van der Waals surface area contributed by atoms with Crippen molar-refractivity contribution in [1.82, 2.24) is 4.98 Å². The van der Waals surface area contributed by atoms with Crippen LogP contribution in [0, 0.1) is 0 Å². The second-order valence-corrected chi connectivity index (χ2v) is 11.1. The van der Waals surface area contributed by atoms with E-state index in [9.17, 15) is 8.42 Å². The Hall–Kier alpha value is -4.54. The zero-order chi connectivity index (χ0) is 25.0. The Morgan fingerprint density at radius 3 is 1.65 bits per heavy atom. The van der Waals surface area contributed by atoms with Gasteiger partial charge in [0.05, 0.1) is 21.0 Å². The summed E-state index contributed by atoms with van der Waals surface area (Å²) in [6, 6.07) is 40.9. The van der Waals surface area contributed by atoms with Crippen LogP contribution < -0.4 is 0 Å². The molecular formula is C33H21NO2S. The number of benzene rings is 6. The van der Waals surface area contributed by atoms with Crippen molar-refractivity contribution in [2.24, 2.45) is 0 Å². The zero-order valence-corrected chi connectivity index (χ0v) is 20.6. The summed E-state index contributed by atoms with van der Waals surface area (Å²) in [5, 5.41) is 7.69. The van der Waals surface area contributed by atoms with Gasteiger partial charge in [0.15, 0.2) is 0 Å². The molecule has 37 heavy (non-hydrogen) atoms. The SMILES string of the molecule is O=S(=O)(c1ccccc1)c1ccc2c(c1)nc(-c1ccccc1)c1c3ccccc3c3ccccc3c21. The first kappa shape index (κ1) is 21.7. The van der Waals surface area contributed by atoms with Crippen molar-refractivity contribution in [2.45, 2.75) is 9.79 Å². The second kappa shape index (κ2) is 8.26. The molecule has 0 amide bonds. The molecule has 0 aliphatic carbocycles. The lowest BCUT2D eigenvalue weighted by atomic mass is 9.90. The Morgan fingerprint density at radius 1 is 0.459 bits per heavy atom. The number of nitrogens with zero attached hydrogens (tertiary/aromatic N) is 1. The van der Waals surface area contributed by atoms with Gasteiger partial charge in [0.1, 0.15) is 0 Å². The van der Waals surface area contributed by atoms with Gasteiger partial charge in [0.25, 0.3) is 0 Å². The minimum atomic E-state index is -3.68. The van der Waals surface area contributed by atoms with Crippen LogP contribution in [0.5, 0.6) is 0 Å². The van der Waals surface area contributed by atoms with E-state index in [0.717, 1.165) is 43.6 Å². The van der Waals surface area contributed by atoms with Gasteiger partial charge in [0.2, 0.25) is 9.84 Å². The number of pyridine rings is 1. The smallest absolute Gasteiger partial charge is 0.206 e. The van der Waals surface area contributed by atoms with E-state index in [0.29, 0.717) is 5.52 Å². The third-order valence-corrected chi connectivity index (χ3v) is 8.82. The van der Waals surface area contributed by atoms with Gasteiger partial charge in [-0.2, -0.15) is 0 Å². The van der Waals surface area contributed by atoms with Gasteiger partial charge in [-0.05, 0) is 45.8 Å². The molecule has 7 aromatic rings. The average Bonchev–Trinajstić information content (AvgIpc) is 2.97. The first-order valence-electron chi connectivity index (χ1n) is 12.2. The zero-order valence-electron chi connectivity index (χ0n) is 19.8. The van der Waals surface area contributed by atoms with Crippen molar-refractivity contribution in [1.29, 1.82) is 0 Å². The van der Waals surface area contributed by atoms with Crippen molar-refractivity contribution in [3.8, 4) is 11.3 Å². The van der Waals surface area contributed by atoms with Gasteiger partial charge in [-0.25, -0.2) is 13.4 Å². The highest BCUT2D eigenvalue weighted by molar-refractivity contribution is 7.91. The number of aromatic nitrogens is 1. The molecule has 0 radical (unpaired) electrons. The number of hydrogen-bond acceptors (Lipinski definition) is 3. The highest BCUT2D eigenvalue weighted by Gasteiger charge is 2.21. The normalized spacial score (nSPS) is 12.0. The number of hydrogen-bond donors (Lipinski definition) is 0. The fraction of sp³-hybridized carbons (Fsp3) is 0. The molecule has 0 spiro atoms. The predicted octanol–water partition coefficient (Wildman–Crippen LogP) is 8.19. The standard InChI is InChI=1S/C33H21NO2S/c35-37(36,23-13-5-2-6-14-23)24-19-20-29-30(21-24)34-33(22-11-3-1-4-12-22)32-28-18-10-8-16-26(28)25-15-7-9-17-27(25)31(29)32/h1-21H. The first-order chi connectivity index (χ1) is 18.1. The molecule has 0 saturated carbocycles. The summed E-state index contributed by atoms with van der Waals surface area (Å²) in [6.45, 7) is 0. The van der Waals surface area contributed by atoms with Crippen LogP contribution in [0.25, 0.3) is 54.5 Å². The van der Waals surface area contributed by atoms with Crippen molar-refractivity contribution in [3.63, 3.8) is 0 Å². The van der Waals surface area contributed by atoms with Crippen molar-refractivity contribution in [2.75, 3.05) is 0 Å². The maximum Gasteiger partial charge on any atom is 0.206 e. The van der Waals surface area contributed by atoms with Gasteiger partial charge in [0, 0.05) is 21.7 Å². The lowest BCUT2D eigenvalue weighted by Crippen LogP contribution is -2.02. The molecule has 0 atom stereocenters.